The number of esters is 1. The largest absolute Gasteiger partial charge is 0.479 e. The van der Waals surface area contributed by atoms with Crippen molar-refractivity contribution in [3.8, 4) is 5.88 Å². The molecule has 1 aromatic rings. The normalized spacial score (nSPS) is 12.0. The summed E-state index contributed by atoms with van der Waals surface area (Å²) < 4.78 is 10.5. The van der Waals surface area contributed by atoms with Crippen molar-refractivity contribution in [2.24, 2.45) is 5.92 Å². The Hall–Kier alpha value is -1.30. The summed E-state index contributed by atoms with van der Waals surface area (Å²) in [6.45, 7) is 4.87. The van der Waals surface area contributed by atoms with Crippen LogP contribution in [-0.4, -0.2) is 35.6 Å². The van der Waals surface area contributed by atoms with Gasteiger partial charge in [0.25, 0.3) is 0 Å². The Balaban J connectivity index is 2.25. The summed E-state index contributed by atoms with van der Waals surface area (Å²) in [6, 6.07) is 1.83. The quantitative estimate of drug-likeness (QED) is 0.456. The third-order valence-electron chi connectivity index (χ3n) is 3.43. The van der Waals surface area contributed by atoms with E-state index in [-0.39, 0.29) is 5.97 Å². The van der Waals surface area contributed by atoms with Crippen molar-refractivity contribution in [2.75, 3.05) is 19.5 Å². The fourth-order valence-electron chi connectivity index (χ4n) is 1.98. The van der Waals surface area contributed by atoms with Gasteiger partial charge in [0.05, 0.1) is 31.2 Å². The molecule has 0 aromatic carbocycles. The molecule has 0 aliphatic heterocycles. The number of unbranched alkanes of at least 4 members (excludes halogenated alkanes) is 1. The minimum atomic E-state index is -0.136. The van der Waals surface area contributed by atoms with Gasteiger partial charge in [0, 0.05) is 5.75 Å². The predicted octanol–water partition coefficient (Wildman–Crippen LogP) is 3.73. The Labute approximate surface area is 137 Å². The lowest BCUT2D eigenvalue weighted by Gasteiger charge is -2.14. The Morgan fingerprint density at radius 3 is 2.91 bits per heavy atom. The summed E-state index contributed by atoms with van der Waals surface area (Å²) in [5.41, 5.74) is 0. The van der Waals surface area contributed by atoms with Crippen LogP contribution in [0.25, 0.3) is 0 Å². The molecule has 1 atom stereocenters. The predicted molar refractivity (Wildman–Crippen MR) is 88.2 cm³/mol. The van der Waals surface area contributed by atoms with Crippen LogP contribution in [0.15, 0.2) is 17.2 Å². The van der Waals surface area contributed by atoms with Crippen LogP contribution in [0.2, 0.25) is 0 Å². The fourth-order valence-corrected chi connectivity index (χ4v) is 2.88. The van der Waals surface area contributed by atoms with Crippen molar-refractivity contribution in [1.82, 2.24) is 10.2 Å². The molecule has 6 heteroatoms. The lowest BCUT2D eigenvalue weighted by atomic mass is 10.0. The molecule has 0 N–H and O–H groups in total. The van der Waals surface area contributed by atoms with Crippen LogP contribution in [0.1, 0.15) is 46.0 Å². The van der Waals surface area contributed by atoms with E-state index in [0.717, 1.165) is 17.7 Å². The van der Waals surface area contributed by atoms with Crippen LogP contribution in [0, 0.1) is 5.92 Å². The van der Waals surface area contributed by atoms with Crippen molar-refractivity contribution in [2.45, 2.75) is 50.8 Å². The first-order valence-corrected chi connectivity index (χ1v) is 8.83. The first-order valence-electron chi connectivity index (χ1n) is 7.85. The second kappa shape index (κ2) is 11.3. The van der Waals surface area contributed by atoms with Crippen molar-refractivity contribution in [3.05, 3.63) is 12.3 Å². The number of carbonyl (C=O) groups excluding carboxylic acids is 1. The van der Waals surface area contributed by atoms with Crippen LogP contribution < -0.4 is 4.74 Å². The Morgan fingerprint density at radius 1 is 1.41 bits per heavy atom. The number of rotatable bonds is 11. The maximum absolute atomic E-state index is 11.8. The molecule has 5 nitrogen and oxygen atoms in total. The van der Waals surface area contributed by atoms with Gasteiger partial charge in [0.1, 0.15) is 0 Å². The minimum Gasteiger partial charge on any atom is -0.479 e. The third-order valence-corrected chi connectivity index (χ3v) is 4.46. The Bertz CT molecular complexity index is 443. The standard InChI is InChI=1S/C16H26N2O3S/c1-4-6-7-13(5-2)12-21-15(19)9-11-22-14-8-10-17-18-16(14)20-3/h8,10,13H,4-7,9,11-12H2,1-3H3. The smallest absolute Gasteiger partial charge is 0.306 e. The van der Waals surface area contributed by atoms with Crippen LogP contribution >= 0.6 is 11.8 Å². The molecule has 1 heterocycles. The maximum Gasteiger partial charge on any atom is 0.306 e. The van der Waals surface area contributed by atoms with Gasteiger partial charge in [-0.25, -0.2) is 0 Å². The summed E-state index contributed by atoms with van der Waals surface area (Å²) in [7, 11) is 1.56. The molecule has 0 aliphatic carbocycles. The molecule has 124 valence electrons. The van der Waals surface area contributed by atoms with E-state index in [1.54, 1.807) is 13.3 Å². The van der Waals surface area contributed by atoms with Gasteiger partial charge < -0.3 is 9.47 Å². The second-order valence-corrected chi connectivity index (χ2v) is 6.24. The molecule has 1 aromatic heterocycles. The molecule has 1 unspecified atom stereocenters. The lowest BCUT2D eigenvalue weighted by molar-refractivity contribution is -0.144. The SMILES string of the molecule is CCCCC(CC)COC(=O)CCSc1ccnnc1OC. The van der Waals surface area contributed by atoms with Gasteiger partial charge in [-0.3, -0.25) is 4.79 Å². The lowest BCUT2D eigenvalue weighted by Crippen LogP contribution is -2.14. The van der Waals surface area contributed by atoms with Gasteiger partial charge in [-0.2, -0.15) is 5.10 Å². The highest BCUT2D eigenvalue weighted by molar-refractivity contribution is 7.99. The van der Waals surface area contributed by atoms with Crippen molar-refractivity contribution < 1.29 is 14.3 Å². The number of nitrogens with zero attached hydrogens (tertiary/aromatic N) is 2. The summed E-state index contributed by atoms with van der Waals surface area (Å²) in [5.74, 6) is 1.49. The first-order chi connectivity index (χ1) is 10.7. The van der Waals surface area contributed by atoms with E-state index in [0.29, 0.717) is 30.6 Å². The summed E-state index contributed by atoms with van der Waals surface area (Å²) >= 11 is 1.53. The van der Waals surface area contributed by atoms with Crippen LogP contribution in [-0.2, 0) is 9.53 Å². The fraction of sp³-hybridized carbons (Fsp3) is 0.688. The molecule has 1 rings (SSSR count). The average Bonchev–Trinajstić information content (AvgIpc) is 2.55. The van der Waals surface area contributed by atoms with E-state index in [1.165, 1.54) is 24.6 Å². The molecular formula is C16H26N2O3S. The van der Waals surface area contributed by atoms with E-state index in [9.17, 15) is 4.79 Å². The second-order valence-electron chi connectivity index (χ2n) is 5.10. The minimum absolute atomic E-state index is 0.136. The molecule has 0 fully saturated rings. The average molecular weight is 326 g/mol. The zero-order chi connectivity index (χ0) is 16.2. The van der Waals surface area contributed by atoms with Gasteiger partial charge >= 0.3 is 5.97 Å². The van der Waals surface area contributed by atoms with Gasteiger partial charge in [-0.05, 0) is 18.4 Å². The Kier molecular flexibility index (Phi) is 9.62. The number of aromatic nitrogens is 2. The molecule has 22 heavy (non-hydrogen) atoms. The molecule has 0 saturated heterocycles. The van der Waals surface area contributed by atoms with Crippen LogP contribution in [0.3, 0.4) is 0 Å². The van der Waals surface area contributed by atoms with Gasteiger partial charge in [-0.15, -0.1) is 16.9 Å². The Morgan fingerprint density at radius 2 is 2.23 bits per heavy atom. The number of carbonyl (C=O) groups is 1. The van der Waals surface area contributed by atoms with Gasteiger partial charge in [0.2, 0.25) is 5.88 Å². The molecule has 0 aliphatic rings. The van der Waals surface area contributed by atoms with E-state index < -0.39 is 0 Å². The van der Waals surface area contributed by atoms with Crippen molar-refractivity contribution in [3.63, 3.8) is 0 Å². The topological polar surface area (TPSA) is 61.3 Å². The summed E-state index contributed by atoms with van der Waals surface area (Å²) in [4.78, 5) is 12.7. The number of hydrogen-bond acceptors (Lipinski definition) is 6. The van der Waals surface area contributed by atoms with Gasteiger partial charge in [-0.1, -0.05) is 33.1 Å². The zero-order valence-corrected chi connectivity index (χ0v) is 14.5. The van der Waals surface area contributed by atoms with Crippen LogP contribution in [0.4, 0.5) is 0 Å². The van der Waals surface area contributed by atoms with E-state index in [2.05, 4.69) is 24.0 Å². The van der Waals surface area contributed by atoms with E-state index in [4.69, 9.17) is 9.47 Å². The number of ether oxygens (including phenoxy) is 2. The molecular weight excluding hydrogens is 300 g/mol. The highest BCUT2D eigenvalue weighted by Gasteiger charge is 2.11. The molecule has 0 radical (unpaired) electrons. The summed E-state index contributed by atoms with van der Waals surface area (Å²) in [6.07, 6.45) is 6.57. The van der Waals surface area contributed by atoms with Gasteiger partial charge in [0.15, 0.2) is 0 Å². The highest BCUT2D eigenvalue weighted by Crippen LogP contribution is 2.26. The molecule has 0 amide bonds. The van der Waals surface area contributed by atoms with Crippen molar-refractivity contribution >= 4 is 17.7 Å². The third kappa shape index (κ3) is 7.11. The van der Waals surface area contributed by atoms with E-state index >= 15 is 0 Å². The summed E-state index contributed by atoms with van der Waals surface area (Å²) in [5, 5.41) is 7.65. The first kappa shape index (κ1) is 18.7. The highest BCUT2D eigenvalue weighted by atomic mass is 32.2. The number of thioether (sulfide) groups is 1. The van der Waals surface area contributed by atoms with E-state index in [1.807, 2.05) is 6.07 Å². The molecule has 0 saturated carbocycles. The molecule has 0 bridgehead atoms. The number of methoxy groups -OCH3 is 1. The molecule has 0 spiro atoms. The van der Waals surface area contributed by atoms with Crippen molar-refractivity contribution in [1.29, 1.82) is 0 Å². The van der Waals surface area contributed by atoms with Crippen LogP contribution in [0.5, 0.6) is 5.88 Å². The zero-order valence-electron chi connectivity index (χ0n) is 13.7. The monoisotopic (exact) mass is 326 g/mol. The number of hydrogen-bond donors (Lipinski definition) is 0. The maximum atomic E-state index is 11.8.